The van der Waals surface area contributed by atoms with Crippen LogP contribution in [0.1, 0.15) is 5.56 Å². The van der Waals surface area contributed by atoms with Crippen molar-refractivity contribution < 1.29 is 0 Å². The van der Waals surface area contributed by atoms with Gasteiger partial charge in [0.05, 0.1) is 4.75 Å². The minimum atomic E-state index is 0.543. The van der Waals surface area contributed by atoms with Crippen LogP contribution in [0.2, 0.25) is 0 Å². The summed E-state index contributed by atoms with van der Waals surface area (Å²) in [6.45, 7) is 0. The summed E-state index contributed by atoms with van der Waals surface area (Å²) in [5.41, 5.74) is 1.60. The highest BCUT2D eigenvalue weighted by Gasteiger charge is 2.81. The van der Waals surface area contributed by atoms with Crippen molar-refractivity contribution in [1.29, 1.82) is 0 Å². The number of hydrogen-bond donors (Lipinski definition) is 0. The van der Waals surface area contributed by atoms with Gasteiger partial charge >= 0.3 is 0 Å². The maximum Gasteiger partial charge on any atom is 0.0671 e. The Kier molecular flexibility index (Phi) is 1.35. The molecule has 3 aliphatic heterocycles. The summed E-state index contributed by atoms with van der Waals surface area (Å²) < 4.78 is 0.543. The van der Waals surface area contributed by atoms with Crippen LogP contribution in [0.5, 0.6) is 0 Å². The molecule has 15 heavy (non-hydrogen) atoms. The fraction of sp³-hybridized carbons (Fsp3) is 0.500. The largest absolute Gasteiger partial charge is 0.150 e. The average Bonchev–Trinajstić information content (AvgIpc) is 3.12. The number of hydrogen-bond acceptors (Lipinski definition) is 3. The lowest BCUT2D eigenvalue weighted by molar-refractivity contribution is 0.600. The average molecular weight is 250 g/mol. The van der Waals surface area contributed by atoms with Crippen LogP contribution in [-0.4, -0.2) is 26.2 Å². The fourth-order valence-electron chi connectivity index (χ4n) is 3.17. The van der Waals surface area contributed by atoms with Crippen molar-refractivity contribution in [3.63, 3.8) is 0 Å². The molecule has 0 nitrogen and oxygen atoms in total. The van der Waals surface area contributed by atoms with Gasteiger partial charge in [-0.15, -0.1) is 23.5 Å². The first kappa shape index (κ1) is 8.37. The summed E-state index contributed by atoms with van der Waals surface area (Å²) >= 11 is 6.76. The summed E-state index contributed by atoms with van der Waals surface area (Å²) in [5, 5.41) is 4.95. The van der Waals surface area contributed by atoms with E-state index < -0.39 is 0 Å². The molecule has 1 saturated carbocycles. The highest BCUT2D eigenvalue weighted by molar-refractivity contribution is 8.18. The molecule has 1 aromatic carbocycles. The van der Waals surface area contributed by atoms with Gasteiger partial charge in [-0.1, -0.05) is 30.3 Å². The Hall–Kier alpha value is 0.270. The summed E-state index contributed by atoms with van der Waals surface area (Å²) in [6.07, 6.45) is 0. The van der Waals surface area contributed by atoms with E-state index in [0.717, 1.165) is 26.2 Å². The molecule has 3 saturated heterocycles. The number of thioether (sulfide) groups is 3. The quantitative estimate of drug-likeness (QED) is 0.703. The van der Waals surface area contributed by atoms with Crippen LogP contribution in [0.25, 0.3) is 0 Å². The minimum absolute atomic E-state index is 0.543. The Balaban J connectivity index is 1.65. The maximum atomic E-state index is 2.34. The Labute approximate surface area is 102 Å². The van der Waals surface area contributed by atoms with E-state index >= 15 is 0 Å². The van der Waals surface area contributed by atoms with Crippen LogP contribution in [0.4, 0.5) is 0 Å². The van der Waals surface area contributed by atoms with E-state index in [1.165, 1.54) is 0 Å². The predicted molar refractivity (Wildman–Crippen MR) is 69.8 cm³/mol. The second kappa shape index (κ2) is 2.41. The smallest absolute Gasteiger partial charge is 0.0671 e. The zero-order valence-corrected chi connectivity index (χ0v) is 10.4. The van der Waals surface area contributed by atoms with Crippen molar-refractivity contribution in [2.75, 3.05) is 0 Å². The summed E-state index contributed by atoms with van der Waals surface area (Å²) in [6, 6.07) is 11.2. The summed E-state index contributed by atoms with van der Waals surface area (Å²) in [4.78, 5) is 0. The SMILES string of the molecule is c1ccc(C23SC2C2SC2C2SC23)cc1. The second-order valence-electron chi connectivity index (χ2n) is 4.78. The van der Waals surface area contributed by atoms with Crippen molar-refractivity contribution in [2.45, 2.75) is 31.0 Å². The van der Waals surface area contributed by atoms with Crippen LogP contribution in [-0.2, 0) is 4.75 Å². The first-order valence-corrected chi connectivity index (χ1v) is 8.22. The lowest BCUT2D eigenvalue weighted by atomic mass is 9.84. The van der Waals surface area contributed by atoms with Gasteiger partial charge in [0.25, 0.3) is 0 Å². The molecule has 0 spiro atoms. The third kappa shape index (κ3) is 0.885. The van der Waals surface area contributed by atoms with Crippen molar-refractivity contribution in [1.82, 2.24) is 0 Å². The molecule has 4 aliphatic rings. The van der Waals surface area contributed by atoms with Gasteiger partial charge in [-0.05, 0) is 5.56 Å². The highest BCUT2D eigenvalue weighted by atomic mass is 32.2. The molecule has 1 aliphatic carbocycles. The number of rotatable bonds is 1. The molecule has 76 valence electrons. The summed E-state index contributed by atoms with van der Waals surface area (Å²) in [5.74, 6) is 0. The number of fused-ring (bicyclic) bond motifs is 6. The normalized spacial score (nSPS) is 57.5. The first-order valence-electron chi connectivity index (χ1n) is 5.45. The number of benzene rings is 1. The van der Waals surface area contributed by atoms with E-state index in [-0.39, 0.29) is 0 Å². The molecule has 4 fully saturated rings. The van der Waals surface area contributed by atoms with E-state index in [1.807, 2.05) is 0 Å². The van der Waals surface area contributed by atoms with E-state index in [1.54, 1.807) is 5.56 Å². The Bertz CT molecular complexity index is 435. The second-order valence-corrected chi connectivity index (χ2v) is 8.89. The van der Waals surface area contributed by atoms with Gasteiger partial charge in [0.2, 0.25) is 0 Å². The van der Waals surface area contributed by atoms with Gasteiger partial charge in [0.15, 0.2) is 0 Å². The molecule has 0 bridgehead atoms. The van der Waals surface area contributed by atoms with Crippen molar-refractivity contribution in [3.05, 3.63) is 35.9 Å². The molecule has 6 atom stereocenters. The van der Waals surface area contributed by atoms with Crippen LogP contribution in [0.15, 0.2) is 30.3 Å². The highest BCUT2D eigenvalue weighted by Crippen LogP contribution is 2.84. The lowest BCUT2D eigenvalue weighted by Crippen LogP contribution is -2.30. The molecule has 6 unspecified atom stereocenters. The van der Waals surface area contributed by atoms with Crippen LogP contribution >= 0.6 is 35.3 Å². The van der Waals surface area contributed by atoms with Gasteiger partial charge < -0.3 is 0 Å². The van der Waals surface area contributed by atoms with Gasteiger partial charge in [0, 0.05) is 26.2 Å². The van der Waals surface area contributed by atoms with Gasteiger partial charge in [-0.25, -0.2) is 0 Å². The molecule has 5 rings (SSSR count). The van der Waals surface area contributed by atoms with Crippen molar-refractivity contribution in [2.24, 2.45) is 0 Å². The van der Waals surface area contributed by atoms with Crippen molar-refractivity contribution >= 4 is 35.3 Å². The Morgan fingerprint density at radius 3 is 2.53 bits per heavy atom. The molecular weight excluding hydrogens is 240 g/mol. The van der Waals surface area contributed by atoms with Crippen LogP contribution in [0.3, 0.4) is 0 Å². The first-order chi connectivity index (χ1) is 7.41. The molecule has 0 amide bonds. The predicted octanol–water partition coefficient (Wildman–Crippen LogP) is 2.98. The topological polar surface area (TPSA) is 0 Å². The zero-order chi connectivity index (χ0) is 9.62. The third-order valence-electron chi connectivity index (χ3n) is 4.04. The van der Waals surface area contributed by atoms with Gasteiger partial charge in [-0.3, -0.25) is 0 Å². The van der Waals surface area contributed by atoms with E-state index in [0.29, 0.717) is 4.75 Å². The summed E-state index contributed by atoms with van der Waals surface area (Å²) in [7, 11) is 0. The van der Waals surface area contributed by atoms with Crippen molar-refractivity contribution in [3.8, 4) is 0 Å². The van der Waals surface area contributed by atoms with Gasteiger partial charge in [-0.2, -0.15) is 11.8 Å². The lowest BCUT2D eigenvalue weighted by Gasteiger charge is -2.17. The molecule has 0 N–H and O–H groups in total. The minimum Gasteiger partial charge on any atom is -0.150 e. The zero-order valence-electron chi connectivity index (χ0n) is 8.00. The van der Waals surface area contributed by atoms with Crippen LogP contribution in [0, 0.1) is 0 Å². The van der Waals surface area contributed by atoms with E-state index in [9.17, 15) is 0 Å². The third-order valence-corrected chi connectivity index (χ3v) is 9.33. The Morgan fingerprint density at radius 2 is 1.67 bits per heavy atom. The van der Waals surface area contributed by atoms with Gasteiger partial charge in [0.1, 0.15) is 0 Å². The molecule has 1 aromatic rings. The van der Waals surface area contributed by atoms with E-state index in [2.05, 4.69) is 65.6 Å². The van der Waals surface area contributed by atoms with E-state index in [4.69, 9.17) is 0 Å². The molecule has 0 radical (unpaired) electrons. The van der Waals surface area contributed by atoms with Crippen LogP contribution < -0.4 is 0 Å². The standard InChI is InChI=1S/C12H10S3/c1-2-4-6(5-3-1)12-10-8(14-10)7-9(13-7)11(12)15-12/h1-5,7-11H. The fourth-order valence-corrected chi connectivity index (χ4v) is 9.15. The maximum absolute atomic E-state index is 2.34. The monoisotopic (exact) mass is 250 g/mol. The Morgan fingerprint density at radius 1 is 0.867 bits per heavy atom. The molecule has 3 heteroatoms. The molecule has 3 heterocycles. The molecular formula is C12H10S3. The molecule has 0 aromatic heterocycles.